The van der Waals surface area contributed by atoms with Crippen molar-refractivity contribution < 1.29 is 33.2 Å². The van der Waals surface area contributed by atoms with Crippen LogP contribution in [0.25, 0.3) is 11.0 Å². The Morgan fingerprint density at radius 2 is 1.41 bits per heavy atom. The number of hydrogen-bond donors (Lipinski definition) is 2. The predicted molar refractivity (Wildman–Crippen MR) is 231 cm³/mol. The molecule has 14 heteroatoms. The maximum absolute atomic E-state index is 12.9. The molecular formula is C44H73N7O7. The van der Waals surface area contributed by atoms with Crippen molar-refractivity contribution in [1.82, 2.24) is 24.3 Å². The van der Waals surface area contributed by atoms with Crippen LogP contribution in [0, 0.1) is 0 Å². The number of rotatable bonds is 32. The highest BCUT2D eigenvalue weighted by Crippen LogP contribution is 2.28. The van der Waals surface area contributed by atoms with E-state index in [4.69, 9.17) is 38.4 Å². The van der Waals surface area contributed by atoms with E-state index >= 15 is 0 Å². The Hall–Kier alpha value is -3.53. The Morgan fingerprint density at radius 1 is 0.759 bits per heavy atom. The van der Waals surface area contributed by atoms with Crippen LogP contribution in [0.1, 0.15) is 90.2 Å². The molecule has 2 N–H and O–H groups in total. The van der Waals surface area contributed by atoms with E-state index in [0.29, 0.717) is 104 Å². The summed E-state index contributed by atoms with van der Waals surface area (Å²) in [5.74, 6) is 2.56. The van der Waals surface area contributed by atoms with E-state index in [1.807, 2.05) is 11.8 Å². The van der Waals surface area contributed by atoms with E-state index in [1.165, 1.54) is 18.4 Å². The largest absolute Gasteiger partial charge is 0.496 e. The monoisotopic (exact) mass is 812 g/mol. The number of amides is 1. The minimum absolute atomic E-state index is 0.135. The lowest BCUT2D eigenvalue weighted by atomic mass is 10.1. The van der Waals surface area contributed by atoms with Gasteiger partial charge in [0.15, 0.2) is 5.82 Å². The summed E-state index contributed by atoms with van der Waals surface area (Å²) in [7, 11) is 1.74. The van der Waals surface area contributed by atoms with E-state index in [1.54, 1.807) is 7.11 Å². The molecule has 1 aromatic carbocycles. The fourth-order valence-corrected chi connectivity index (χ4v) is 7.13. The van der Waals surface area contributed by atoms with E-state index in [2.05, 4.69) is 71.3 Å². The van der Waals surface area contributed by atoms with Crippen LogP contribution >= 0.6 is 0 Å². The fraction of sp³-hybridized carbons (Fsp3) is 0.705. The number of carbonyl (C=O) groups excluding carboxylic acids is 1. The highest BCUT2D eigenvalue weighted by atomic mass is 16.6. The maximum Gasteiger partial charge on any atom is 0.225 e. The number of nitrogens with zero attached hydrogens (tertiary/aromatic N) is 5. The first-order valence-electron chi connectivity index (χ1n) is 21.9. The summed E-state index contributed by atoms with van der Waals surface area (Å²) >= 11 is 0. The Balaban J connectivity index is 1.20. The zero-order chi connectivity index (χ0) is 41.2. The Bertz CT molecular complexity index is 1560. The van der Waals surface area contributed by atoms with Crippen molar-refractivity contribution in [3.8, 4) is 5.75 Å². The highest BCUT2D eigenvalue weighted by molar-refractivity contribution is 5.88. The molecule has 0 aliphatic carbocycles. The lowest BCUT2D eigenvalue weighted by Crippen LogP contribution is -2.48. The van der Waals surface area contributed by atoms with Gasteiger partial charge in [0.2, 0.25) is 11.9 Å². The molecule has 1 saturated heterocycles. The van der Waals surface area contributed by atoms with Gasteiger partial charge in [0.05, 0.1) is 85.1 Å². The second kappa shape index (κ2) is 28.0. The van der Waals surface area contributed by atoms with Gasteiger partial charge in [-0.1, -0.05) is 58.6 Å². The van der Waals surface area contributed by atoms with Gasteiger partial charge in [-0.3, -0.25) is 9.69 Å². The molecule has 3 aromatic rings. The minimum Gasteiger partial charge on any atom is -0.496 e. The summed E-state index contributed by atoms with van der Waals surface area (Å²) in [6.45, 7) is 19.3. The minimum atomic E-state index is 0.135. The van der Waals surface area contributed by atoms with Crippen LogP contribution in [-0.2, 0) is 41.6 Å². The first-order chi connectivity index (χ1) is 28.5. The molecule has 1 aliphatic rings. The van der Waals surface area contributed by atoms with Gasteiger partial charge in [-0.2, -0.15) is 4.98 Å². The Morgan fingerprint density at radius 3 is 2.03 bits per heavy atom. The number of piperazine rings is 1. The molecule has 1 fully saturated rings. The first kappa shape index (κ1) is 47.2. The fourth-order valence-electron chi connectivity index (χ4n) is 7.13. The molecule has 0 saturated carbocycles. The standard InChI is InChI=1S/C44H73N7O7/c1-6-10-11-18-45-43-42-39(47-44(48-43)46-38(12-7-2)13-8-3)16-19-51(42)35-37-15-14-36(33-40(37)53-5)34-49-20-22-50(23-21-49)41(52)17-24-55-27-28-57-31-32-58-30-29-56-26-25-54-9-4/h14-16,19,33,38H,6-13,17-18,20-32,34-35H2,1-5H3,(H2,45,46,47,48). The highest BCUT2D eigenvalue weighted by Gasteiger charge is 2.22. The average Bonchev–Trinajstić information content (AvgIpc) is 3.64. The first-order valence-corrected chi connectivity index (χ1v) is 21.9. The number of methoxy groups -OCH3 is 1. The molecule has 58 heavy (non-hydrogen) atoms. The molecule has 0 radical (unpaired) electrons. The van der Waals surface area contributed by atoms with Crippen molar-refractivity contribution in [1.29, 1.82) is 0 Å². The number of aromatic nitrogens is 3. The molecular weight excluding hydrogens is 739 g/mol. The molecule has 2 aromatic heterocycles. The van der Waals surface area contributed by atoms with Gasteiger partial charge in [0, 0.05) is 63.7 Å². The number of fused-ring (bicyclic) bond motifs is 1. The van der Waals surface area contributed by atoms with E-state index in [0.717, 1.165) is 86.4 Å². The van der Waals surface area contributed by atoms with Crippen LogP contribution in [-0.4, -0.2) is 142 Å². The smallest absolute Gasteiger partial charge is 0.225 e. The van der Waals surface area contributed by atoms with E-state index in [9.17, 15) is 4.79 Å². The predicted octanol–water partition coefficient (Wildman–Crippen LogP) is 6.61. The summed E-state index contributed by atoms with van der Waals surface area (Å²) in [6, 6.07) is 8.97. The quantitative estimate of drug-likeness (QED) is 0.0658. The molecule has 4 rings (SSSR count). The van der Waals surface area contributed by atoms with E-state index < -0.39 is 0 Å². The summed E-state index contributed by atoms with van der Waals surface area (Å²) in [5.41, 5.74) is 4.22. The second-order valence-corrected chi connectivity index (χ2v) is 14.8. The third-order valence-electron chi connectivity index (χ3n) is 10.3. The van der Waals surface area contributed by atoms with Gasteiger partial charge in [0.25, 0.3) is 0 Å². The molecule has 0 unspecified atom stereocenters. The van der Waals surface area contributed by atoms with Crippen molar-refractivity contribution in [3.05, 3.63) is 41.6 Å². The van der Waals surface area contributed by atoms with Gasteiger partial charge >= 0.3 is 0 Å². The van der Waals surface area contributed by atoms with Gasteiger partial charge < -0.3 is 48.5 Å². The van der Waals surface area contributed by atoms with Crippen molar-refractivity contribution in [2.45, 2.75) is 98.2 Å². The van der Waals surface area contributed by atoms with Crippen LogP contribution in [0.4, 0.5) is 11.8 Å². The van der Waals surface area contributed by atoms with Crippen LogP contribution in [0.15, 0.2) is 30.5 Å². The van der Waals surface area contributed by atoms with Gasteiger partial charge in [0.1, 0.15) is 11.3 Å². The van der Waals surface area contributed by atoms with Gasteiger partial charge in [-0.25, -0.2) is 4.98 Å². The number of carbonyl (C=O) groups is 1. The van der Waals surface area contributed by atoms with Crippen molar-refractivity contribution in [2.24, 2.45) is 0 Å². The van der Waals surface area contributed by atoms with Crippen LogP contribution < -0.4 is 15.4 Å². The topological polar surface area (TPSA) is 134 Å². The number of benzene rings is 1. The lowest BCUT2D eigenvalue weighted by molar-refractivity contribution is -0.134. The number of hydrogen-bond acceptors (Lipinski definition) is 12. The SMILES string of the molecule is CCCCCNc1nc(NC(CCC)CCC)nc2ccn(Cc3ccc(CN4CCN(C(=O)CCOCCOCCOCCOCCOCC)CC4)cc3OC)c12. The van der Waals surface area contributed by atoms with Gasteiger partial charge in [-0.15, -0.1) is 0 Å². The van der Waals surface area contributed by atoms with Gasteiger partial charge in [-0.05, 0) is 43.9 Å². The molecule has 0 spiro atoms. The molecule has 0 bridgehead atoms. The summed E-state index contributed by atoms with van der Waals surface area (Å²) in [5, 5.41) is 7.28. The van der Waals surface area contributed by atoms with Crippen molar-refractivity contribution >= 4 is 28.7 Å². The average molecular weight is 812 g/mol. The Kier molecular flexibility index (Phi) is 22.8. The molecule has 326 valence electrons. The van der Waals surface area contributed by atoms with Crippen LogP contribution in [0.2, 0.25) is 0 Å². The van der Waals surface area contributed by atoms with Crippen molar-refractivity contribution in [3.63, 3.8) is 0 Å². The summed E-state index contributed by atoms with van der Waals surface area (Å²) in [4.78, 5) is 27.2. The summed E-state index contributed by atoms with van der Waals surface area (Å²) in [6.07, 6.45) is 10.4. The molecule has 0 atom stereocenters. The molecule has 3 heterocycles. The lowest BCUT2D eigenvalue weighted by Gasteiger charge is -2.35. The molecule has 1 amide bonds. The number of anilines is 2. The zero-order valence-corrected chi connectivity index (χ0v) is 36.2. The van der Waals surface area contributed by atoms with Crippen LogP contribution in [0.5, 0.6) is 5.75 Å². The third-order valence-corrected chi connectivity index (χ3v) is 10.3. The van der Waals surface area contributed by atoms with Crippen LogP contribution in [0.3, 0.4) is 0 Å². The number of unbranched alkanes of at least 4 members (excludes halogenated alkanes) is 2. The third kappa shape index (κ3) is 16.6. The molecule has 1 aliphatic heterocycles. The van der Waals surface area contributed by atoms with Crippen molar-refractivity contribution in [2.75, 3.05) is 117 Å². The maximum atomic E-state index is 12.9. The normalized spacial score (nSPS) is 13.5. The van der Waals surface area contributed by atoms with E-state index in [-0.39, 0.29) is 5.91 Å². The number of nitrogens with one attached hydrogen (secondary N) is 2. The summed E-state index contributed by atoms with van der Waals surface area (Å²) < 4.78 is 35.5. The second-order valence-electron chi connectivity index (χ2n) is 14.8. The number of ether oxygens (including phenoxy) is 6. The molecule has 14 nitrogen and oxygen atoms in total. The Labute approximate surface area is 347 Å². The zero-order valence-electron chi connectivity index (χ0n) is 36.2.